The van der Waals surface area contributed by atoms with Gasteiger partial charge in [0, 0.05) is 16.6 Å². The number of anilines is 2. The van der Waals surface area contributed by atoms with Crippen molar-refractivity contribution in [2.75, 3.05) is 9.62 Å². The van der Waals surface area contributed by atoms with E-state index in [-0.39, 0.29) is 16.8 Å². The van der Waals surface area contributed by atoms with E-state index in [0.29, 0.717) is 33.4 Å². The maximum atomic E-state index is 13.2. The molecule has 0 fully saturated rings. The molecule has 0 radical (unpaired) electrons. The molecule has 5 nitrogen and oxygen atoms in total. The van der Waals surface area contributed by atoms with E-state index in [4.69, 9.17) is 23.2 Å². The number of carbonyl (C=O) groups is 1. The molecule has 0 bridgehead atoms. The Morgan fingerprint density at radius 2 is 1.77 bits per heavy atom. The topological polar surface area (TPSA) is 66.5 Å². The number of halogens is 2. The first-order valence-electron chi connectivity index (χ1n) is 9.26. The molecule has 1 N–H and O–H groups in total. The fourth-order valence-electron chi connectivity index (χ4n) is 3.60. The van der Waals surface area contributed by atoms with Crippen LogP contribution in [-0.2, 0) is 16.4 Å². The van der Waals surface area contributed by atoms with Crippen molar-refractivity contribution in [1.82, 2.24) is 0 Å². The number of hydrogen-bond acceptors (Lipinski definition) is 3. The predicted molar refractivity (Wildman–Crippen MR) is 120 cm³/mol. The normalized spacial score (nSPS) is 15.7. The summed E-state index contributed by atoms with van der Waals surface area (Å²) in [5, 5.41) is 3.58. The molecule has 3 aromatic rings. The molecule has 0 saturated carbocycles. The van der Waals surface area contributed by atoms with Crippen molar-refractivity contribution >= 4 is 50.5 Å². The second-order valence-electron chi connectivity index (χ2n) is 7.09. The molecule has 0 aromatic heterocycles. The van der Waals surface area contributed by atoms with Crippen molar-refractivity contribution in [2.24, 2.45) is 0 Å². The average molecular weight is 461 g/mol. The Morgan fingerprint density at radius 3 is 2.47 bits per heavy atom. The summed E-state index contributed by atoms with van der Waals surface area (Å²) in [5.41, 5.74) is 2.27. The van der Waals surface area contributed by atoms with Crippen LogP contribution in [0.2, 0.25) is 10.0 Å². The molecule has 8 heteroatoms. The van der Waals surface area contributed by atoms with Gasteiger partial charge >= 0.3 is 0 Å². The fourth-order valence-corrected chi connectivity index (χ4v) is 5.77. The van der Waals surface area contributed by atoms with Crippen LogP contribution in [0.3, 0.4) is 0 Å². The van der Waals surface area contributed by atoms with E-state index >= 15 is 0 Å². The molecule has 1 aliphatic rings. The zero-order valence-corrected chi connectivity index (χ0v) is 18.3. The molecular formula is C22H18Cl2N2O3S. The van der Waals surface area contributed by atoms with Crippen LogP contribution in [0.1, 0.15) is 22.8 Å². The minimum absolute atomic E-state index is 0.240. The van der Waals surface area contributed by atoms with Crippen LogP contribution in [0.25, 0.3) is 0 Å². The monoisotopic (exact) mass is 460 g/mol. The van der Waals surface area contributed by atoms with Crippen LogP contribution in [0, 0.1) is 0 Å². The van der Waals surface area contributed by atoms with Crippen molar-refractivity contribution in [3.63, 3.8) is 0 Å². The maximum Gasteiger partial charge on any atom is 0.264 e. The number of carbonyl (C=O) groups excluding carboxylic acids is 1. The smallest absolute Gasteiger partial charge is 0.264 e. The molecule has 0 spiro atoms. The highest BCUT2D eigenvalue weighted by molar-refractivity contribution is 7.92. The lowest BCUT2D eigenvalue weighted by Gasteiger charge is -2.24. The van der Waals surface area contributed by atoms with Gasteiger partial charge in [-0.25, -0.2) is 8.42 Å². The summed E-state index contributed by atoms with van der Waals surface area (Å²) in [7, 11) is -3.69. The van der Waals surface area contributed by atoms with Crippen LogP contribution in [0.5, 0.6) is 0 Å². The third-order valence-electron chi connectivity index (χ3n) is 4.97. The Morgan fingerprint density at radius 1 is 1.03 bits per heavy atom. The van der Waals surface area contributed by atoms with Crippen LogP contribution >= 0.6 is 23.2 Å². The Labute approximate surface area is 185 Å². The summed E-state index contributed by atoms with van der Waals surface area (Å²) < 4.78 is 27.7. The van der Waals surface area contributed by atoms with E-state index in [1.54, 1.807) is 66.7 Å². The number of fused-ring (bicyclic) bond motifs is 1. The Bertz CT molecular complexity index is 1230. The van der Waals surface area contributed by atoms with Gasteiger partial charge in [-0.3, -0.25) is 9.10 Å². The SMILES string of the molecule is C[C@H]1Cc2cc(C(=O)Nc3ccc(Cl)cc3Cl)ccc2N1S(=O)(=O)c1ccccc1. The molecule has 0 aliphatic carbocycles. The summed E-state index contributed by atoms with van der Waals surface area (Å²) in [6.45, 7) is 1.85. The number of amides is 1. The maximum absolute atomic E-state index is 13.2. The first kappa shape index (κ1) is 20.7. The molecule has 1 atom stereocenters. The first-order valence-corrected chi connectivity index (χ1v) is 11.5. The zero-order valence-electron chi connectivity index (χ0n) is 16.0. The number of nitrogens with zero attached hydrogens (tertiary/aromatic N) is 1. The molecule has 1 heterocycles. The summed E-state index contributed by atoms with van der Waals surface area (Å²) in [6.07, 6.45) is 0.518. The van der Waals surface area contributed by atoms with E-state index in [9.17, 15) is 13.2 Å². The summed E-state index contributed by atoms with van der Waals surface area (Å²) in [6, 6.07) is 17.9. The van der Waals surface area contributed by atoms with E-state index in [1.807, 2.05) is 6.92 Å². The van der Waals surface area contributed by atoms with Gasteiger partial charge in [-0.15, -0.1) is 0 Å². The van der Waals surface area contributed by atoms with Gasteiger partial charge in [0.25, 0.3) is 15.9 Å². The molecule has 1 aliphatic heterocycles. The second kappa shape index (κ2) is 7.95. The van der Waals surface area contributed by atoms with Crippen molar-refractivity contribution in [2.45, 2.75) is 24.3 Å². The molecule has 30 heavy (non-hydrogen) atoms. The lowest BCUT2D eigenvalue weighted by Crippen LogP contribution is -2.35. The predicted octanol–water partition coefficient (Wildman–Crippen LogP) is 5.39. The van der Waals surface area contributed by atoms with Gasteiger partial charge < -0.3 is 5.32 Å². The number of sulfonamides is 1. The van der Waals surface area contributed by atoms with Crippen LogP contribution in [-0.4, -0.2) is 20.4 Å². The van der Waals surface area contributed by atoms with E-state index in [2.05, 4.69) is 5.32 Å². The van der Waals surface area contributed by atoms with Gasteiger partial charge in [0.15, 0.2) is 0 Å². The van der Waals surface area contributed by atoms with Crippen molar-refractivity contribution in [3.05, 3.63) is 87.9 Å². The van der Waals surface area contributed by atoms with E-state index in [0.717, 1.165) is 5.56 Å². The molecule has 4 rings (SSSR count). The lowest BCUT2D eigenvalue weighted by atomic mass is 10.1. The van der Waals surface area contributed by atoms with Gasteiger partial charge in [0.1, 0.15) is 0 Å². The zero-order chi connectivity index (χ0) is 21.5. The number of benzene rings is 3. The third-order valence-corrected chi connectivity index (χ3v) is 7.46. The fraction of sp³-hybridized carbons (Fsp3) is 0.136. The number of hydrogen-bond donors (Lipinski definition) is 1. The highest BCUT2D eigenvalue weighted by Crippen LogP contribution is 2.37. The average Bonchev–Trinajstić information content (AvgIpc) is 3.06. The van der Waals surface area contributed by atoms with Crippen molar-refractivity contribution < 1.29 is 13.2 Å². The highest BCUT2D eigenvalue weighted by atomic mass is 35.5. The Balaban J connectivity index is 1.63. The lowest BCUT2D eigenvalue weighted by molar-refractivity contribution is 0.102. The Hall–Kier alpha value is -2.54. The highest BCUT2D eigenvalue weighted by Gasteiger charge is 2.36. The van der Waals surface area contributed by atoms with Crippen LogP contribution in [0.4, 0.5) is 11.4 Å². The van der Waals surface area contributed by atoms with Gasteiger partial charge in [-0.1, -0.05) is 41.4 Å². The molecule has 154 valence electrons. The summed E-state index contributed by atoms with van der Waals surface area (Å²) in [5.74, 6) is -0.334. The van der Waals surface area contributed by atoms with Gasteiger partial charge in [0.05, 0.1) is 21.3 Å². The molecule has 3 aromatic carbocycles. The van der Waals surface area contributed by atoms with Gasteiger partial charge in [0.2, 0.25) is 0 Å². The molecule has 1 amide bonds. The van der Waals surface area contributed by atoms with Crippen molar-refractivity contribution in [1.29, 1.82) is 0 Å². The summed E-state index contributed by atoms with van der Waals surface area (Å²) >= 11 is 12.0. The minimum Gasteiger partial charge on any atom is -0.321 e. The largest absolute Gasteiger partial charge is 0.321 e. The van der Waals surface area contributed by atoms with Gasteiger partial charge in [-0.05, 0) is 67.4 Å². The molecule has 0 saturated heterocycles. The number of nitrogens with one attached hydrogen (secondary N) is 1. The molecular weight excluding hydrogens is 443 g/mol. The van der Waals surface area contributed by atoms with E-state index < -0.39 is 10.0 Å². The minimum atomic E-state index is -3.69. The standard InChI is InChI=1S/C22H18Cl2N2O3S/c1-14-11-16-12-15(22(27)25-20-9-8-17(23)13-19(20)24)7-10-21(16)26(14)30(28,29)18-5-3-2-4-6-18/h2-10,12-14H,11H2,1H3,(H,25,27)/t14-/m0/s1. The Kier molecular flexibility index (Phi) is 5.49. The summed E-state index contributed by atoms with van der Waals surface area (Å²) in [4.78, 5) is 12.9. The van der Waals surface area contributed by atoms with Crippen LogP contribution < -0.4 is 9.62 Å². The molecule has 0 unspecified atom stereocenters. The second-order valence-corrected chi connectivity index (χ2v) is 9.75. The third kappa shape index (κ3) is 3.78. The van der Waals surface area contributed by atoms with Crippen molar-refractivity contribution in [3.8, 4) is 0 Å². The van der Waals surface area contributed by atoms with Gasteiger partial charge in [-0.2, -0.15) is 0 Å². The van der Waals surface area contributed by atoms with Crippen LogP contribution in [0.15, 0.2) is 71.6 Å². The number of rotatable bonds is 4. The quantitative estimate of drug-likeness (QED) is 0.567. The van der Waals surface area contributed by atoms with E-state index in [1.165, 1.54) is 4.31 Å². The first-order chi connectivity index (χ1) is 14.3.